The van der Waals surface area contributed by atoms with E-state index in [9.17, 15) is 9.59 Å². The fraction of sp³-hybridized carbons (Fsp3) is 0.143. The fourth-order valence-corrected chi connectivity index (χ4v) is 1.11. The first-order valence-corrected chi connectivity index (χ1v) is 4.76. The molecule has 0 aliphatic carbocycles. The summed E-state index contributed by atoms with van der Waals surface area (Å²) in [6.45, 7) is 0. The molecule has 8 heteroatoms. The Bertz CT molecular complexity index is 344. The number of nitrogens with one attached hydrogen (secondary N) is 3. The van der Waals surface area contributed by atoms with E-state index in [2.05, 4.69) is 25.0 Å². The second-order valence-electron chi connectivity index (χ2n) is 2.35. The van der Waals surface area contributed by atoms with Crippen molar-refractivity contribution in [3.8, 4) is 0 Å². The Morgan fingerprint density at radius 2 is 2.13 bits per heavy atom. The van der Waals surface area contributed by atoms with Crippen LogP contribution in [0, 0.1) is 0 Å². The van der Waals surface area contributed by atoms with Crippen LogP contribution in [0.5, 0.6) is 0 Å². The van der Waals surface area contributed by atoms with Gasteiger partial charge in [0.2, 0.25) is 0 Å². The number of carbonyl (C=O) groups excluding carboxylic acids is 2. The monoisotopic (exact) mass is 227 g/mol. The van der Waals surface area contributed by atoms with Gasteiger partial charge >= 0.3 is 6.03 Å². The van der Waals surface area contributed by atoms with Crippen LogP contribution in [0.4, 0.5) is 4.79 Å². The van der Waals surface area contributed by atoms with Gasteiger partial charge in [-0.25, -0.2) is 4.79 Å². The SMILES string of the molecule is CNC(=O)NSNC(=O)c1ccnnc1. The summed E-state index contributed by atoms with van der Waals surface area (Å²) < 4.78 is 4.73. The Morgan fingerprint density at radius 3 is 2.73 bits per heavy atom. The molecule has 0 bridgehead atoms. The van der Waals surface area contributed by atoms with Crippen molar-refractivity contribution in [1.29, 1.82) is 0 Å². The van der Waals surface area contributed by atoms with E-state index in [1.807, 2.05) is 0 Å². The summed E-state index contributed by atoms with van der Waals surface area (Å²) in [4.78, 5) is 22.1. The fourth-order valence-electron chi connectivity index (χ4n) is 0.653. The van der Waals surface area contributed by atoms with E-state index in [1.54, 1.807) is 0 Å². The number of rotatable bonds is 3. The first-order valence-electron chi connectivity index (χ1n) is 3.94. The molecule has 0 aliphatic rings. The molecule has 0 aliphatic heterocycles. The van der Waals surface area contributed by atoms with Crippen LogP contribution in [0.3, 0.4) is 0 Å². The topological polar surface area (TPSA) is 96.0 Å². The lowest BCUT2D eigenvalue weighted by Gasteiger charge is -2.03. The summed E-state index contributed by atoms with van der Waals surface area (Å²) >= 11 is 0.779. The molecule has 1 rings (SSSR count). The minimum Gasteiger partial charge on any atom is -0.340 e. The second-order valence-corrected chi connectivity index (χ2v) is 2.96. The van der Waals surface area contributed by atoms with Gasteiger partial charge in [0.05, 0.1) is 30.1 Å². The van der Waals surface area contributed by atoms with Crippen molar-refractivity contribution >= 4 is 24.1 Å². The molecule has 3 amide bonds. The van der Waals surface area contributed by atoms with Crippen LogP contribution < -0.4 is 14.8 Å². The maximum absolute atomic E-state index is 11.3. The second kappa shape index (κ2) is 5.81. The maximum Gasteiger partial charge on any atom is 0.325 e. The van der Waals surface area contributed by atoms with Gasteiger partial charge in [0, 0.05) is 7.05 Å². The molecule has 0 spiro atoms. The van der Waals surface area contributed by atoms with Gasteiger partial charge in [0.25, 0.3) is 5.91 Å². The lowest BCUT2D eigenvalue weighted by atomic mass is 10.3. The smallest absolute Gasteiger partial charge is 0.325 e. The van der Waals surface area contributed by atoms with Crippen molar-refractivity contribution in [3.63, 3.8) is 0 Å². The standard InChI is InChI=1S/C7H9N5O2S/c1-8-7(14)12-15-11-6(13)5-2-3-9-10-4-5/h2-4H,1H3,(H,11,13)(H2,8,12,14). The van der Waals surface area contributed by atoms with Gasteiger partial charge in [0.15, 0.2) is 0 Å². The number of urea groups is 1. The predicted molar refractivity (Wildman–Crippen MR) is 54.7 cm³/mol. The summed E-state index contributed by atoms with van der Waals surface area (Å²) in [6, 6.07) is 1.12. The zero-order valence-electron chi connectivity index (χ0n) is 7.85. The Labute approximate surface area is 90.3 Å². The molecule has 0 unspecified atom stereocenters. The molecule has 1 aromatic heterocycles. The lowest BCUT2D eigenvalue weighted by Crippen LogP contribution is -2.31. The molecule has 0 saturated carbocycles. The van der Waals surface area contributed by atoms with Crippen LogP contribution in [-0.4, -0.2) is 29.2 Å². The number of carbonyl (C=O) groups is 2. The van der Waals surface area contributed by atoms with Crippen molar-refractivity contribution in [2.75, 3.05) is 7.05 Å². The van der Waals surface area contributed by atoms with Gasteiger partial charge in [-0.05, 0) is 6.07 Å². The first-order chi connectivity index (χ1) is 7.24. The molecule has 0 radical (unpaired) electrons. The number of nitrogens with zero attached hydrogens (tertiary/aromatic N) is 2. The molecule has 3 N–H and O–H groups in total. The Hall–Kier alpha value is -1.83. The van der Waals surface area contributed by atoms with Gasteiger partial charge in [-0.15, -0.1) is 0 Å². The number of amides is 3. The zero-order chi connectivity index (χ0) is 11.1. The van der Waals surface area contributed by atoms with E-state index in [0.717, 1.165) is 12.1 Å². The maximum atomic E-state index is 11.3. The van der Waals surface area contributed by atoms with E-state index in [4.69, 9.17) is 0 Å². The lowest BCUT2D eigenvalue weighted by molar-refractivity contribution is 0.0984. The van der Waals surface area contributed by atoms with Gasteiger partial charge in [-0.1, -0.05) is 0 Å². The average Bonchev–Trinajstić information content (AvgIpc) is 2.29. The third kappa shape index (κ3) is 3.81. The van der Waals surface area contributed by atoms with Gasteiger partial charge in [0.1, 0.15) is 0 Å². The first kappa shape index (κ1) is 11.2. The summed E-state index contributed by atoms with van der Waals surface area (Å²) in [7, 11) is 1.48. The van der Waals surface area contributed by atoms with Crippen molar-refractivity contribution in [1.82, 2.24) is 25.0 Å². The average molecular weight is 227 g/mol. The molecule has 0 atom stereocenters. The molecule has 1 heterocycles. The van der Waals surface area contributed by atoms with E-state index < -0.39 is 6.03 Å². The van der Waals surface area contributed by atoms with Crippen LogP contribution in [-0.2, 0) is 0 Å². The minimum absolute atomic E-state index is 0.355. The predicted octanol–water partition coefficient (Wildman–Crippen LogP) is -0.301. The molecular weight excluding hydrogens is 218 g/mol. The van der Waals surface area contributed by atoms with Gasteiger partial charge in [-0.3, -0.25) is 14.2 Å². The highest BCUT2D eigenvalue weighted by Crippen LogP contribution is 1.96. The highest BCUT2D eigenvalue weighted by molar-refractivity contribution is 7.96. The van der Waals surface area contributed by atoms with E-state index in [1.165, 1.54) is 25.5 Å². The summed E-state index contributed by atoms with van der Waals surface area (Å²) in [5, 5.41) is 9.41. The van der Waals surface area contributed by atoms with Crippen LogP contribution in [0.2, 0.25) is 0 Å². The van der Waals surface area contributed by atoms with Gasteiger partial charge in [-0.2, -0.15) is 10.2 Å². The quantitative estimate of drug-likeness (QED) is 0.616. The largest absolute Gasteiger partial charge is 0.340 e. The van der Waals surface area contributed by atoms with Crippen LogP contribution in [0.1, 0.15) is 10.4 Å². The number of hydrogen-bond donors (Lipinski definition) is 3. The van der Waals surface area contributed by atoms with Gasteiger partial charge < -0.3 is 5.32 Å². The normalized spacial score (nSPS) is 9.13. The highest BCUT2D eigenvalue weighted by Gasteiger charge is 2.05. The minimum atomic E-state index is -0.395. The zero-order valence-corrected chi connectivity index (χ0v) is 8.67. The van der Waals surface area contributed by atoms with Crippen molar-refractivity contribution in [3.05, 3.63) is 24.0 Å². The summed E-state index contributed by atoms with van der Waals surface area (Å²) in [5.74, 6) is -0.355. The Morgan fingerprint density at radius 1 is 1.33 bits per heavy atom. The molecule has 0 saturated heterocycles. The van der Waals surface area contributed by atoms with Crippen molar-refractivity contribution in [2.45, 2.75) is 0 Å². The summed E-state index contributed by atoms with van der Waals surface area (Å²) in [6.07, 6.45) is 2.74. The van der Waals surface area contributed by atoms with Crippen molar-refractivity contribution < 1.29 is 9.59 Å². The van der Waals surface area contributed by atoms with E-state index in [0.29, 0.717) is 5.56 Å². The van der Waals surface area contributed by atoms with Crippen molar-refractivity contribution in [2.24, 2.45) is 0 Å². The third-order valence-corrected chi connectivity index (χ3v) is 1.94. The van der Waals surface area contributed by atoms with Crippen LogP contribution in [0.25, 0.3) is 0 Å². The van der Waals surface area contributed by atoms with E-state index in [-0.39, 0.29) is 5.91 Å². The molecule has 0 fully saturated rings. The number of aromatic nitrogens is 2. The molecule has 80 valence electrons. The number of hydrogen-bond acceptors (Lipinski definition) is 5. The molecule has 15 heavy (non-hydrogen) atoms. The molecule has 0 aromatic carbocycles. The highest BCUT2D eigenvalue weighted by atomic mass is 32.2. The summed E-state index contributed by atoms with van der Waals surface area (Å²) in [5.41, 5.74) is 0.371. The van der Waals surface area contributed by atoms with E-state index >= 15 is 0 Å². The Kier molecular flexibility index (Phi) is 4.35. The van der Waals surface area contributed by atoms with Crippen LogP contribution >= 0.6 is 12.1 Å². The molecular formula is C7H9N5O2S. The van der Waals surface area contributed by atoms with Crippen LogP contribution in [0.15, 0.2) is 18.5 Å². The Balaban J connectivity index is 2.34. The molecule has 1 aromatic rings. The third-order valence-electron chi connectivity index (χ3n) is 1.36. The molecule has 7 nitrogen and oxygen atoms in total.